The van der Waals surface area contributed by atoms with Crippen LogP contribution in [0.3, 0.4) is 0 Å². The van der Waals surface area contributed by atoms with Crippen LogP contribution in [0.15, 0.2) is 33.9 Å². The quantitative estimate of drug-likeness (QED) is 0.884. The molecule has 1 heterocycles. The molecular weight excluding hydrogens is 344 g/mol. The zero-order valence-corrected chi connectivity index (χ0v) is 15.7. The summed E-state index contributed by atoms with van der Waals surface area (Å²) in [5.74, 6) is 0.829. The van der Waals surface area contributed by atoms with Gasteiger partial charge >= 0.3 is 0 Å². The van der Waals surface area contributed by atoms with Crippen molar-refractivity contribution in [2.45, 2.75) is 30.2 Å². The molecule has 7 heteroatoms. The Morgan fingerprint density at radius 1 is 1.25 bits per heavy atom. The molecule has 0 bridgehead atoms. The van der Waals surface area contributed by atoms with Crippen molar-refractivity contribution in [3.63, 3.8) is 0 Å². The van der Waals surface area contributed by atoms with E-state index in [4.69, 9.17) is 4.74 Å². The molecule has 0 saturated heterocycles. The molecule has 0 unspecified atom stereocenters. The van der Waals surface area contributed by atoms with E-state index in [-0.39, 0.29) is 0 Å². The second kappa shape index (κ2) is 6.74. The van der Waals surface area contributed by atoms with Gasteiger partial charge in [0.15, 0.2) is 0 Å². The number of hydrogen-bond acceptors (Lipinski definition) is 5. The lowest BCUT2D eigenvalue weighted by Crippen LogP contribution is -2.34. The summed E-state index contributed by atoms with van der Waals surface area (Å²) in [6.45, 7) is 0. The molecule has 1 aliphatic rings. The first-order valence-corrected chi connectivity index (χ1v) is 10.2. The molecular formula is C17H22N2O3S2. The SMILES string of the molecule is COc1ccc(NS(=O)(=O)c2ccsc2)c2c1C[C@@H](N(C)C)CC2. The first-order valence-electron chi connectivity index (χ1n) is 7.82. The first kappa shape index (κ1) is 17.3. The molecule has 0 amide bonds. The Kier molecular flexibility index (Phi) is 4.85. The number of nitrogens with one attached hydrogen (secondary N) is 1. The third kappa shape index (κ3) is 3.29. The lowest BCUT2D eigenvalue weighted by Gasteiger charge is -2.32. The van der Waals surface area contributed by atoms with Crippen molar-refractivity contribution in [3.8, 4) is 5.75 Å². The largest absolute Gasteiger partial charge is 0.496 e. The molecule has 0 saturated carbocycles. The number of likely N-dealkylation sites (N-methyl/N-ethyl adjacent to an activating group) is 1. The summed E-state index contributed by atoms with van der Waals surface area (Å²) in [6.07, 6.45) is 2.69. The molecule has 24 heavy (non-hydrogen) atoms. The van der Waals surface area contributed by atoms with Crippen LogP contribution in [0.4, 0.5) is 5.69 Å². The van der Waals surface area contributed by atoms with Crippen molar-refractivity contribution >= 4 is 27.0 Å². The molecule has 1 atom stereocenters. The minimum atomic E-state index is -3.54. The number of hydrogen-bond donors (Lipinski definition) is 1. The maximum Gasteiger partial charge on any atom is 0.262 e. The van der Waals surface area contributed by atoms with Gasteiger partial charge in [-0.15, -0.1) is 0 Å². The number of fused-ring (bicyclic) bond motifs is 1. The Hall–Kier alpha value is -1.57. The summed E-state index contributed by atoms with van der Waals surface area (Å²) in [5, 5.41) is 3.40. The number of rotatable bonds is 5. The summed E-state index contributed by atoms with van der Waals surface area (Å²) < 4.78 is 33.3. The molecule has 0 spiro atoms. The van der Waals surface area contributed by atoms with Gasteiger partial charge in [0, 0.05) is 17.0 Å². The molecule has 5 nitrogen and oxygen atoms in total. The van der Waals surface area contributed by atoms with Crippen LogP contribution < -0.4 is 9.46 Å². The van der Waals surface area contributed by atoms with Gasteiger partial charge in [-0.05, 0) is 62.5 Å². The van der Waals surface area contributed by atoms with E-state index in [1.54, 1.807) is 30.0 Å². The van der Waals surface area contributed by atoms with Crippen molar-refractivity contribution < 1.29 is 13.2 Å². The van der Waals surface area contributed by atoms with Crippen LogP contribution in [-0.2, 0) is 22.9 Å². The Morgan fingerprint density at radius 2 is 2.04 bits per heavy atom. The highest BCUT2D eigenvalue weighted by Crippen LogP contribution is 2.36. The van der Waals surface area contributed by atoms with Crippen molar-refractivity contribution in [2.75, 3.05) is 25.9 Å². The van der Waals surface area contributed by atoms with Crippen LogP contribution in [0, 0.1) is 0 Å². The zero-order valence-electron chi connectivity index (χ0n) is 14.1. The molecule has 3 rings (SSSR count). The van der Waals surface area contributed by atoms with E-state index in [9.17, 15) is 8.42 Å². The van der Waals surface area contributed by atoms with Crippen molar-refractivity contribution in [2.24, 2.45) is 0 Å². The Morgan fingerprint density at radius 3 is 2.67 bits per heavy atom. The Labute approximate surface area is 147 Å². The average molecular weight is 367 g/mol. The predicted molar refractivity (Wildman–Crippen MR) is 97.6 cm³/mol. The van der Waals surface area contributed by atoms with Crippen LogP contribution in [0.5, 0.6) is 5.75 Å². The molecule has 1 aromatic heterocycles. The van der Waals surface area contributed by atoms with Crippen LogP contribution in [0.1, 0.15) is 17.5 Å². The van der Waals surface area contributed by atoms with Gasteiger partial charge in [0.1, 0.15) is 5.75 Å². The second-order valence-corrected chi connectivity index (χ2v) is 8.66. The predicted octanol–water partition coefficient (Wildman–Crippen LogP) is 2.98. The van der Waals surface area contributed by atoms with Gasteiger partial charge in [-0.25, -0.2) is 8.42 Å². The molecule has 1 aliphatic carbocycles. The van der Waals surface area contributed by atoms with E-state index in [2.05, 4.69) is 23.7 Å². The van der Waals surface area contributed by atoms with E-state index < -0.39 is 10.0 Å². The van der Waals surface area contributed by atoms with E-state index in [1.807, 2.05) is 6.07 Å². The van der Waals surface area contributed by atoms with Crippen LogP contribution in [-0.4, -0.2) is 40.6 Å². The van der Waals surface area contributed by atoms with E-state index in [0.717, 1.165) is 36.1 Å². The fraction of sp³-hybridized carbons (Fsp3) is 0.412. The minimum absolute atomic E-state index is 0.305. The highest BCUT2D eigenvalue weighted by atomic mass is 32.2. The fourth-order valence-electron chi connectivity index (χ4n) is 3.17. The topological polar surface area (TPSA) is 58.6 Å². The monoisotopic (exact) mass is 366 g/mol. The highest BCUT2D eigenvalue weighted by Gasteiger charge is 2.27. The molecule has 0 radical (unpaired) electrons. The summed E-state index contributed by atoms with van der Waals surface area (Å²) in [6, 6.07) is 5.71. The number of benzene rings is 1. The summed E-state index contributed by atoms with van der Waals surface area (Å²) in [4.78, 5) is 2.52. The van der Waals surface area contributed by atoms with Gasteiger partial charge in [-0.3, -0.25) is 4.72 Å². The number of ether oxygens (including phenoxy) is 1. The normalized spacial score (nSPS) is 17.6. The Balaban J connectivity index is 1.98. The third-order valence-corrected chi connectivity index (χ3v) is 6.75. The molecule has 130 valence electrons. The van der Waals surface area contributed by atoms with E-state index in [1.165, 1.54) is 11.3 Å². The van der Waals surface area contributed by atoms with Gasteiger partial charge in [-0.1, -0.05) is 0 Å². The standard InChI is InChI=1S/C17H22N2O3S2/c1-19(2)12-4-5-14-15(10-12)17(22-3)7-6-16(14)18-24(20,21)13-8-9-23-11-13/h6-9,11-12,18H,4-5,10H2,1-3H3/t12-/m0/s1. The summed E-state index contributed by atoms with van der Waals surface area (Å²) >= 11 is 1.37. The van der Waals surface area contributed by atoms with Gasteiger partial charge < -0.3 is 9.64 Å². The van der Waals surface area contributed by atoms with E-state index in [0.29, 0.717) is 16.6 Å². The van der Waals surface area contributed by atoms with Crippen molar-refractivity contribution in [1.82, 2.24) is 4.90 Å². The maximum atomic E-state index is 12.5. The lowest BCUT2D eigenvalue weighted by molar-refractivity contribution is 0.265. The molecule has 0 aliphatic heterocycles. The molecule has 0 fully saturated rings. The number of anilines is 1. The fourth-order valence-corrected chi connectivity index (χ4v) is 5.29. The Bertz CT molecular complexity index is 815. The van der Waals surface area contributed by atoms with Gasteiger partial charge in [0.05, 0.1) is 17.7 Å². The molecule has 1 aromatic carbocycles. The van der Waals surface area contributed by atoms with Crippen molar-refractivity contribution in [1.29, 1.82) is 0 Å². The maximum absolute atomic E-state index is 12.5. The number of thiophene rings is 1. The van der Waals surface area contributed by atoms with Crippen LogP contribution >= 0.6 is 11.3 Å². The van der Waals surface area contributed by atoms with Crippen molar-refractivity contribution in [3.05, 3.63) is 40.1 Å². The lowest BCUT2D eigenvalue weighted by atomic mass is 9.86. The van der Waals surface area contributed by atoms with Crippen LogP contribution in [0.25, 0.3) is 0 Å². The first-order chi connectivity index (χ1) is 11.4. The number of sulfonamides is 1. The summed E-state index contributed by atoms with van der Waals surface area (Å²) in [5.41, 5.74) is 2.81. The third-order valence-electron chi connectivity index (χ3n) is 4.56. The smallest absolute Gasteiger partial charge is 0.262 e. The van der Waals surface area contributed by atoms with Crippen LogP contribution in [0.2, 0.25) is 0 Å². The average Bonchev–Trinajstić information content (AvgIpc) is 3.10. The molecule has 2 aromatic rings. The van der Waals surface area contributed by atoms with Gasteiger partial charge in [0.2, 0.25) is 0 Å². The van der Waals surface area contributed by atoms with E-state index >= 15 is 0 Å². The second-order valence-electron chi connectivity index (χ2n) is 6.20. The summed E-state index contributed by atoms with van der Waals surface area (Å²) in [7, 11) is 2.26. The highest BCUT2D eigenvalue weighted by molar-refractivity contribution is 7.92. The molecule has 1 N–H and O–H groups in total. The number of methoxy groups -OCH3 is 1. The van der Waals surface area contributed by atoms with Gasteiger partial charge in [0.25, 0.3) is 10.0 Å². The number of nitrogens with zero attached hydrogens (tertiary/aromatic N) is 1. The zero-order chi connectivity index (χ0) is 17.3. The van der Waals surface area contributed by atoms with Gasteiger partial charge in [-0.2, -0.15) is 11.3 Å². The minimum Gasteiger partial charge on any atom is -0.496 e.